The third-order valence-corrected chi connectivity index (χ3v) is 4.15. The number of hydrogen-bond donors (Lipinski definition) is 0. The van der Waals surface area contributed by atoms with E-state index in [0.29, 0.717) is 12.2 Å². The Morgan fingerprint density at radius 1 is 0.950 bits per heavy atom. The van der Waals surface area contributed by atoms with E-state index in [1.165, 1.54) is 56.3 Å². The zero-order valence-electron chi connectivity index (χ0n) is 13.0. The van der Waals surface area contributed by atoms with Crippen LogP contribution >= 0.6 is 0 Å². The van der Waals surface area contributed by atoms with E-state index in [9.17, 15) is 4.79 Å². The van der Waals surface area contributed by atoms with Gasteiger partial charge in [-0.3, -0.25) is 4.79 Å². The highest BCUT2D eigenvalue weighted by molar-refractivity contribution is 5.96. The summed E-state index contributed by atoms with van der Waals surface area (Å²) in [5, 5.41) is 0. The van der Waals surface area contributed by atoms with Crippen molar-refractivity contribution in [2.24, 2.45) is 0 Å². The van der Waals surface area contributed by atoms with Gasteiger partial charge in [0.25, 0.3) is 0 Å². The average Bonchev–Trinajstić information content (AvgIpc) is 2.36. The molecule has 0 unspecified atom stereocenters. The van der Waals surface area contributed by atoms with Gasteiger partial charge in [0.2, 0.25) is 0 Å². The van der Waals surface area contributed by atoms with Crippen LogP contribution < -0.4 is 0 Å². The molecule has 110 valence electrons. The number of carbonyl (C=O) groups excluding carboxylic acids is 1. The van der Waals surface area contributed by atoms with Crippen molar-refractivity contribution in [1.82, 2.24) is 4.90 Å². The van der Waals surface area contributed by atoms with Crippen molar-refractivity contribution in [1.29, 1.82) is 0 Å². The number of aryl methyl sites for hydroxylation is 2. The predicted octanol–water partition coefficient (Wildman–Crippen LogP) is 4.14. The lowest BCUT2D eigenvalue weighted by Gasteiger charge is -2.24. The molecule has 0 amide bonds. The van der Waals surface area contributed by atoms with Crippen molar-refractivity contribution in [3.63, 3.8) is 0 Å². The van der Waals surface area contributed by atoms with Crippen LogP contribution in [0.3, 0.4) is 0 Å². The van der Waals surface area contributed by atoms with Crippen LogP contribution in [0.15, 0.2) is 18.2 Å². The van der Waals surface area contributed by atoms with E-state index < -0.39 is 0 Å². The highest BCUT2D eigenvalue weighted by Gasteiger charge is 2.12. The second-order valence-corrected chi connectivity index (χ2v) is 6.16. The quantitative estimate of drug-likeness (QED) is 0.768. The van der Waals surface area contributed by atoms with Crippen molar-refractivity contribution in [3.05, 3.63) is 34.9 Å². The Kier molecular flexibility index (Phi) is 5.78. The summed E-state index contributed by atoms with van der Waals surface area (Å²) in [6, 6.07) is 6.15. The van der Waals surface area contributed by atoms with Gasteiger partial charge in [-0.25, -0.2) is 0 Å². The third-order valence-electron chi connectivity index (χ3n) is 4.15. The van der Waals surface area contributed by atoms with E-state index in [1.54, 1.807) is 0 Å². The number of likely N-dealkylation sites (tertiary alicyclic amines) is 1. The molecule has 0 aliphatic carbocycles. The molecule has 1 aromatic rings. The maximum atomic E-state index is 12.3. The average molecular weight is 273 g/mol. The summed E-state index contributed by atoms with van der Waals surface area (Å²) in [5.74, 6) is 0.291. The number of Topliss-reactive ketones (excluding diaryl/α,β-unsaturated/α-hetero) is 1. The number of carbonyl (C=O) groups is 1. The number of hydrogen-bond acceptors (Lipinski definition) is 2. The van der Waals surface area contributed by atoms with Crippen LogP contribution in [0.25, 0.3) is 0 Å². The van der Waals surface area contributed by atoms with Crippen molar-refractivity contribution >= 4 is 5.78 Å². The van der Waals surface area contributed by atoms with Crippen LogP contribution in [0.4, 0.5) is 0 Å². The zero-order valence-corrected chi connectivity index (χ0v) is 13.0. The molecule has 0 aromatic heterocycles. The SMILES string of the molecule is Cc1cc(C)cc(C(=O)CCN2CCCCCCC2)c1. The molecule has 0 saturated carbocycles. The summed E-state index contributed by atoms with van der Waals surface area (Å²) in [7, 11) is 0. The third kappa shape index (κ3) is 4.75. The molecule has 0 N–H and O–H groups in total. The maximum Gasteiger partial charge on any atom is 0.164 e. The van der Waals surface area contributed by atoms with Gasteiger partial charge in [0.1, 0.15) is 0 Å². The van der Waals surface area contributed by atoms with Crippen molar-refractivity contribution in [3.8, 4) is 0 Å². The molecule has 2 rings (SSSR count). The van der Waals surface area contributed by atoms with E-state index in [0.717, 1.165) is 12.1 Å². The molecule has 2 nitrogen and oxygen atoms in total. The molecule has 1 aliphatic heterocycles. The molecular weight excluding hydrogens is 246 g/mol. The Labute approximate surface area is 123 Å². The summed E-state index contributed by atoms with van der Waals surface area (Å²) in [4.78, 5) is 14.8. The van der Waals surface area contributed by atoms with Gasteiger partial charge in [0.15, 0.2) is 5.78 Å². The first-order valence-electron chi connectivity index (χ1n) is 7.99. The minimum Gasteiger partial charge on any atom is -0.303 e. The first kappa shape index (κ1) is 15.2. The fourth-order valence-corrected chi connectivity index (χ4v) is 3.08. The lowest BCUT2D eigenvalue weighted by Crippen LogP contribution is -2.29. The highest BCUT2D eigenvalue weighted by atomic mass is 16.1. The lowest BCUT2D eigenvalue weighted by molar-refractivity contribution is 0.0961. The van der Waals surface area contributed by atoms with Crippen LogP contribution in [-0.2, 0) is 0 Å². The van der Waals surface area contributed by atoms with Gasteiger partial charge in [0, 0.05) is 18.5 Å². The second-order valence-electron chi connectivity index (χ2n) is 6.16. The van der Waals surface area contributed by atoms with Gasteiger partial charge in [-0.15, -0.1) is 0 Å². The molecule has 0 bridgehead atoms. The molecule has 1 aromatic carbocycles. The standard InChI is InChI=1S/C18H27NO/c1-15-12-16(2)14-17(13-15)18(20)8-11-19-9-6-4-3-5-7-10-19/h12-14H,3-11H2,1-2H3. The topological polar surface area (TPSA) is 20.3 Å². The molecule has 0 radical (unpaired) electrons. The summed E-state index contributed by atoms with van der Waals surface area (Å²) in [6.07, 6.45) is 7.32. The largest absolute Gasteiger partial charge is 0.303 e. The molecule has 0 spiro atoms. The Balaban J connectivity index is 1.87. The normalized spacial score (nSPS) is 17.5. The molecule has 20 heavy (non-hydrogen) atoms. The van der Waals surface area contributed by atoms with E-state index in [-0.39, 0.29) is 0 Å². The Morgan fingerprint density at radius 2 is 1.50 bits per heavy atom. The lowest BCUT2D eigenvalue weighted by atomic mass is 10.0. The monoisotopic (exact) mass is 273 g/mol. The Hall–Kier alpha value is -1.15. The van der Waals surface area contributed by atoms with Gasteiger partial charge in [-0.2, -0.15) is 0 Å². The van der Waals surface area contributed by atoms with Gasteiger partial charge < -0.3 is 4.90 Å². The van der Waals surface area contributed by atoms with E-state index in [4.69, 9.17) is 0 Å². The zero-order chi connectivity index (χ0) is 14.4. The van der Waals surface area contributed by atoms with Crippen molar-refractivity contribution < 1.29 is 4.79 Å². The number of nitrogens with zero attached hydrogens (tertiary/aromatic N) is 1. The van der Waals surface area contributed by atoms with E-state index in [1.807, 2.05) is 12.1 Å². The van der Waals surface area contributed by atoms with Gasteiger partial charge >= 0.3 is 0 Å². The second kappa shape index (κ2) is 7.58. The van der Waals surface area contributed by atoms with Gasteiger partial charge in [0.05, 0.1) is 0 Å². The van der Waals surface area contributed by atoms with E-state index >= 15 is 0 Å². The van der Waals surface area contributed by atoms with Crippen LogP contribution in [0, 0.1) is 13.8 Å². The van der Waals surface area contributed by atoms with Gasteiger partial charge in [-0.05, 0) is 51.9 Å². The number of rotatable bonds is 4. The van der Waals surface area contributed by atoms with Crippen LogP contribution in [-0.4, -0.2) is 30.3 Å². The van der Waals surface area contributed by atoms with E-state index in [2.05, 4.69) is 24.8 Å². The fraction of sp³-hybridized carbons (Fsp3) is 0.611. The molecule has 1 fully saturated rings. The number of ketones is 1. The predicted molar refractivity (Wildman–Crippen MR) is 84.4 cm³/mol. The molecular formula is C18H27NO. The van der Waals surface area contributed by atoms with Crippen molar-refractivity contribution in [2.45, 2.75) is 52.4 Å². The summed E-state index contributed by atoms with van der Waals surface area (Å²) in [6.45, 7) is 7.37. The Morgan fingerprint density at radius 3 is 2.10 bits per heavy atom. The summed E-state index contributed by atoms with van der Waals surface area (Å²) < 4.78 is 0. The highest BCUT2D eigenvalue weighted by Crippen LogP contribution is 2.13. The molecule has 0 atom stereocenters. The molecule has 1 heterocycles. The van der Waals surface area contributed by atoms with Crippen LogP contribution in [0.1, 0.15) is 60.0 Å². The van der Waals surface area contributed by atoms with Crippen molar-refractivity contribution in [2.75, 3.05) is 19.6 Å². The maximum absolute atomic E-state index is 12.3. The summed E-state index contributed by atoms with van der Waals surface area (Å²) >= 11 is 0. The number of benzene rings is 1. The van der Waals surface area contributed by atoms with Crippen LogP contribution in [0.2, 0.25) is 0 Å². The molecule has 1 saturated heterocycles. The first-order valence-corrected chi connectivity index (χ1v) is 7.99. The minimum absolute atomic E-state index is 0.291. The fourth-order valence-electron chi connectivity index (χ4n) is 3.08. The van der Waals surface area contributed by atoms with Gasteiger partial charge in [-0.1, -0.05) is 36.5 Å². The first-order chi connectivity index (χ1) is 9.65. The van der Waals surface area contributed by atoms with Crippen LogP contribution in [0.5, 0.6) is 0 Å². The minimum atomic E-state index is 0.291. The molecule has 2 heteroatoms. The molecule has 1 aliphatic rings. The smallest absolute Gasteiger partial charge is 0.164 e. The Bertz CT molecular complexity index is 424. The summed E-state index contributed by atoms with van der Waals surface area (Å²) in [5.41, 5.74) is 3.24.